The number of carbonyl (C=O) groups excluding carboxylic acids is 1. The average molecular weight is 366 g/mol. The van der Waals surface area contributed by atoms with Gasteiger partial charge in [0, 0.05) is 12.2 Å². The third-order valence-corrected chi connectivity index (χ3v) is 4.70. The number of rotatable bonds is 5. The number of benzene rings is 1. The van der Waals surface area contributed by atoms with Crippen molar-refractivity contribution in [1.82, 2.24) is 15.0 Å². The highest BCUT2D eigenvalue weighted by atomic mass is 16.5. The molecule has 1 aliphatic rings. The lowest BCUT2D eigenvalue weighted by molar-refractivity contribution is 0.0997. The highest BCUT2D eigenvalue weighted by molar-refractivity contribution is 6.01. The number of ether oxygens (including phenoxy) is 1. The summed E-state index contributed by atoms with van der Waals surface area (Å²) in [5.74, 6) is 1.37. The lowest BCUT2D eigenvalue weighted by Gasteiger charge is -2.06. The molecule has 0 bridgehead atoms. The van der Waals surface area contributed by atoms with E-state index in [1.165, 1.54) is 5.56 Å². The van der Waals surface area contributed by atoms with Gasteiger partial charge in [0.05, 0.1) is 18.8 Å². The van der Waals surface area contributed by atoms with Crippen molar-refractivity contribution in [3.05, 3.63) is 53.9 Å². The van der Waals surface area contributed by atoms with Crippen molar-refractivity contribution in [3.63, 3.8) is 0 Å². The van der Waals surface area contributed by atoms with Crippen molar-refractivity contribution < 1.29 is 13.9 Å². The summed E-state index contributed by atoms with van der Waals surface area (Å²) in [6.45, 7) is 5.63. The van der Waals surface area contributed by atoms with Gasteiger partial charge in [-0.05, 0) is 36.1 Å². The molecular weight excluding hydrogens is 344 g/mol. The van der Waals surface area contributed by atoms with E-state index in [-0.39, 0.29) is 17.7 Å². The van der Waals surface area contributed by atoms with Crippen LogP contribution >= 0.6 is 0 Å². The van der Waals surface area contributed by atoms with Crippen molar-refractivity contribution in [1.29, 1.82) is 0 Å². The average Bonchev–Trinajstić information content (AvgIpc) is 3.42. The fourth-order valence-electron chi connectivity index (χ4n) is 3.09. The van der Waals surface area contributed by atoms with Gasteiger partial charge in [-0.2, -0.15) is 0 Å². The Balaban J connectivity index is 1.46. The topological polar surface area (TPSA) is 82.2 Å². The molecule has 1 N–H and O–H groups in total. The minimum absolute atomic E-state index is 0.173. The van der Waals surface area contributed by atoms with Crippen LogP contribution in [0.15, 0.2) is 47.0 Å². The van der Waals surface area contributed by atoms with Crippen molar-refractivity contribution in [3.8, 4) is 11.3 Å². The van der Waals surface area contributed by atoms with Crippen LogP contribution in [-0.2, 0) is 4.74 Å². The Morgan fingerprint density at radius 2 is 2.19 bits per heavy atom. The zero-order valence-corrected chi connectivity index (χ0v) is 15.4. The molecule has 1 saturated heterocycles. The van der Waals surface area contributed by atoms with Gasteiger partial charge < -0.3 is 14.5 Å². The zero-order valence-electron chi connectivity index (χ0n) is 15.4. The maximum atomic E-state index is 12.5. The molecule has 1 aliphatic heterocycles. The van der Waals surface area contributed by atoms with Gasteiger partial charge in [-0.15, -0.1) is 5.10 Å². The third-order valence-electron chi connectivity index (χ3n) is 4.70. The van der Waals surface area contributed by atoms with Gasteiger partial charge in [-0.25, -0.2) is 4.68 Å². The predicted molar refractivity (Wildman–Crippen MR) is 101 cm³/mol. The molecule has 7 heteroatoms. The Hall–Kier alpha value is -2.93. The van der Waals surface area contributed by atoms with Crippen LogP contribution in [0.25, 0.3) is 11.3 Å². The normalized spacial score (nSPS) is 16.8. The Labute approximate surface area is 157 Å². The molecule has 27 heavy (non-hydrogen) atoms. The third kappa shape index (κ3) is 3.78. The fourth-order valence-corrected chi connectivity index (χ4v) is 3.09. The lowest BCUT2D eigenvalue weighted by atomic mass is 10.0. The SMILES string of the molecule is CC(C)c1cccc(-c2ccc(C(=O)Nc3cn(C4CCOC4)nn3)o2)c1. The van der Waals surface area contributed by atoms with Gasteiger partial charge in [0.2, 0.25) is 0 Å². The van der Waals surface area contributed by atoms with Crippen LogP contribution in [0.5, 0.6) is 0 Å². The number of carbonyl (C=O) groups is 1. The molecule has 1 fully saturated rings. The highest BCUT2D eigenvalue weighted by Crippen LogP contribution is 2.26. The van der Waals surface area contributed by atoms with Crippen molar-refractivity contribution in [2.75, 3.05) is 18.5 Å². The van der Waals surface area contributed by atoms with Crippen molar-refractivity contribution in [2.24, 2.45) is 0 Å². The quantitative estimate of drug-likeness (QED) is 0.741. The molecule has 3 aromatic rings. The molecule has 1 aromatic carbocycles. The van der Waals surface area contributed by atoms with E-state index < -0.39 is 0 Å². The second kappa shape index (κ2) is 7.36. The molecule has 2 aromatic heterocycles. The van der Waals surface area contributed by atoms with E-state index in [4.69, 9.17) is 9.15 Å². The second-order valence-electron chi connectivity index (χ2n) is 7.00. The van der Waals surface area contributed by atoms with E-state index in [0.717, 1.165) is 18.6 Å². The molecule has 7 nitrogen and oxygen atoms in total. The molecule has 3 heterocycles. The Morgan fingerprint density at radius 3 is 2.96 bits per heavy atom. The van der Waals surface area contributed by atoms with Gasteiger partial charge in [0.15, 0.2) is 11.6 Å². The van der Waals surface area contributed by atoms with E-state index in [1.807, 2.05) is 12.1 Å². The molecule has 1 amide bonds. The molecular formula is C20H22N4O3. The first kappa shape index (κ1) is 17.5. The maximum absolute atomic E-state index is 12.5. The Bertz CT molecular complexity index is 938. The van der Waals surface area contributed by atoms with E-state index >= 15 is 0 Å². The molecule has 1 atom stereocenters. The van der Waals surface area contributed by atoms with Gasteiger partial charge in [0.1, 0.15) is 5.76 Å². The lowest BCUT2D eigenvalue weighted by Crippen LogP contribution is -2.11. The van der Waals surface area contributed by atoms with Gasteiger partial charge >= 0.3 is 0 Å². The zero-order chi connectivity index (χ0) is 18.8. The summed E-state index contributed by atoms with van der Waals surface area (Å²) >= 11 is 0. The first-order valence-electron chi connectivity index (χ1n) is 9.11. The summed E-state index contributed by atoms with van der Waals surface area (Å²) < 4.78 is 12.8. The minimum atomic E-state index is -0.351. The van der Waals surface area contributed by atoms with Gasteiger partial charge in [-0.3, -0.25) is 4.79 Å². The summed E-state index contributed by atoms with van der Waals surface area (Å²) in [7, 11) is 0. The van der Waals surface area contributed by atoms with Gasteiger partial charge in [0.25, 0.3) is 5.91 Å². The van der Waals surface area contributed by atoms with Crippen LogP contribution < -0.4 is 5.32 Å². The van der Waals surface area contributed by atoms with Crippen LogP contribution in [0.1, 0.15) is 48.3 Å². The van der Waals surface area contributed by atoms with Crippen LogP contribution in [0.2, 0.25) is 0 Å². The fraction of sp³-hybridized carbons (Fsp3) is 0.350. The van der Waals surface area contributed by atoms with Crippen molar-refractivity contribution in [2.45, 2.75) is 32.2 Å². The largest absolute Gasteiger partial charge is 0.451 e. The van der Waals surface area contributed by atoms with Crippen molar-refractivity contribution >= 4 is 11.7 Å². The van der Waals surface area contributed by atoms with Crippen LogP contribution in [0, 0.1) is 0 Å². The summed E-state index contributed by atoms with van der Waals surface area (Å²) in [6.07, 6.45) is 2.61. The van der Waals surface area contributed by atoms with Gasteiger partial charge in [-0.1, -0.05) is 37.3 Å². The van der Waals surface area contributed by atoms with E-state index in [0.29, 0.717) is 24.1 Å². The minimum Gasteiger partial charge on any atom is -0.451 e. The number of hydrogen-bond acceptors (Lipinski definition) is 5. The summed E-state index contributed by atoms with van der Waals surface area (Å²) in [4.78, 5) is 12.5. The number of aromatic nitrogens is 3. The number of nitrogens with zero attached hydrogens (tertiary/aromatic N) is 3. The molecule has 0 spiro atoms. The molecule has 4 rings (SSSR count). The number of furan rings is 1. The van der Waals surface area contributed by atoms with E-state index in [1.54, 1.807) is 23.0 Å². The monoisotopic (exact) mass is 366 g/mol. The number of hydrogen-bond donors (Lipinski definition) is 1. The maximum Gasteiger partial charge on any atom is 0.292 e. The van der Waals surface area contributed by atoms with Crippen LogP contribution in [0.4, 0.5) is 5.82 Å². The molecule has 0 saturated carbocycles. The van der Waals surface area contributed by atoms with E-state index in [2.05, 4.69) is 41.6 Å². The molecule has 140 valence electrons. The van der Waals surface area contributed by atoms with E-state index in [9.17, 15) is 4.79 Å². The summed E-state index contributed by atoms with van der Waals surface area (Å²) in [5.41, 5.74) is 2.18. The standard InChI is InChI=1S/C20H22N4O3/c1-13(2)14-4-3-5-15(10-14)17-6-7-18(27-17)20(25)21-19-11-24(23-22-19)16-8-9-26-12-16/h3-7,10-11,13,16H,8-9,12H2,1-2H3,(H,21,25). The summed E-state index contributed by atoms with van der Waals surface area (Å²) in [5, 5.41) is 10.8. The Kier molecular flexibility index (Phi) is 4.77. The predicted octanol–water partition coefficient (Wildman–Crippen LogP) is 3.88. The number of nitrogens with one attached hydrogen (secondary N) is 1. The number of amides is 1. The smallest absolute Gasteiger partial charge is 0.292 e. The molecule has 1 unspecified atom stereocenters. The Morgan fingerprint density at radius 1 is 1.30 bits per heavy atom. The van der Waals surface area contributed by atoms with Crippen LogP contribution in [-0.4, -0.2) is 34.1 Å². The molecule has 0 aliphatic carbocycles. The molecule has 0 radical (unpaired) electrons. The number of anilines is 1. The highest BCUT2D eigenvalue weighted by Gasteiger charge is 2.20. The summed E-state index contributed by atoms with van der Waals surface area (Å²) in [6, 6.07) is 11.8. The second-order valence-corrected chi connectivity index (χ2v) is 7.00. The van der Waals surface area contributed by atoms with Crippen LogP contribution in [0.3, 0.4) is 0 Å². The first-order valence-corrected chi connectivity index (χ1v) is 9.11. The first-order chi connectivity index (χ1) is 13.1.